The molecule has 6 nitrogen and oxygen atoms in total. The van der Waals surface area contributed by atoms with Gasteiger partial charge in [0.1, 0.15) is 23.0 Å². The summed E-state index contributed by atoms with van der Waals surface area (Å²) in [6, 6.07) is 8.59. The fourth-order valence-electron chi connectivity index (χ4n) is 2.82. The average Bonchev–Trinajstić information content (AvgIpc) is 2.66. The maximum absolute atomic E-state index is 12.9. The molecule has 0 amide bonds. The molecule has 0 saturated heterocycles. The highest BCUT2D eigenvalue weighted by Gasteiger charge is 2.27. The number of hydrogen-bond acceptors (Lipinski definition) is 6. The maximum atomic E-state index is 12.9. The molecule has 0 saturated carbocycles. The minimum absolute atomic E-state index is 0.00191. The second-order valence-corrected chi connectivity index (χ2v) is 7.20. The van der Waals surface area contributed by atoms with Crippen molar-refractivity contribution in [3.05, 3.63) is 69.5 Å². The Balaban J connectivity index is 2.06. The number of nitrogens with one attached hydrogen (secondary N) is 1. The number of aliphatic hydroxyl groups is 1. The lowest BCUT2D eigenvalue weighted by Gasteiger charge is -2.19. The molecular formula is C21H18Cl2N2O4. The number of rotatable bonds is 5. The molecule has 8 heteroatoms. The lowest BCUT2D eigenvalue weighted by Crippen LogP contribution is -2.23. The van der Waals surface area contributed by atoms with Crippen molar-refractivity contribution in [2.45, 2.75) is 19.8 Å². The summed E-state index contributed by atoms with van der Waals surface area (Å²) in [7, 11) is 0. The quantitative estimate of drug-likeness (QED) is 0.360. The van der Waals surface area contributed by atoms with Crippen molar-refractivity contribution in [2.75, 3.05) is 5.32 Å². The number of hydrogen-bond donors (Lipinski definition) is 4. The van der Waals surface area contributed by atoms with Crippen LogP contribution in [0.3, 0.4) is 0 Å². The van der Waals surface area contributed by atoms with E-state index in [2.05, 4.69) is 10.3 Å². The van der Waals surface area contributed by atoms with E-state index >= 15 is 0 Å². The van der Waals surface area contributed by atoms with Crippen LogP contribution >= 0.6 is 23.2 Å². The Hall–Kier alpha value is -2.96. The average molecular weight is 433 g/mol. The Bertz CT molecular complexity index is 1070. The molecule has 0 radical (unpaired) electrons. The van der Waals surface area contributed by atoms with E-state index in [4.69, 9.17) is 23.2 Å². The van der Waals surface area contributed by atoms with Gasteiger partial charge in [0.25, 0.3) is 0 Å². The van der Waals surface area contributed by atoms with Crippen molar-refractivity contribution >= 4 is 46.1 Å². The van der Waals surface area contributed by atoms with Gasteiger partial charge in [-0.3, -0.25) is 4.79 Å². The molecule has 0 aliphatic heterocycles. The number of allylic oxidation sites excluding steroid dienone is 2. The molecule has 2 aromatic carbocycles. The molecule has 0 atom stereocenters. The zero-order chi connectivity index (χ0) is 21.1. The first kappa shape index (κ1) is 20.8. The molecule has 0 fully saturated rings. The number of aliphatic hydroxyl groups excluding tert-OH is 1. The molecule has 0 unspecified atom stereocenters. The molecular weight excluding hydrogens is 415 g/mol. The molecule has 4 N–H and O–H groups in total. The van der Waals surface area contributed by atoms with Gasteiger partial charge < -0.3 is 20.6 Å². The highest BCUT2D eigenvalue weighted by molar-refractivity contribution is 6.34. The van der Waals surface area contributed by atoms with Gasteiger partial charge in [0.05, 0.1) is 27.1 Å². The predicted molar refractivity (Wildman–Crippen MR) is 115 cm³/mol. The van der Waals surface area contributed by atoms with Crippen molar-refractivity contribution in [3.8, 4) is 11.5 Å². The number of phenolic OH excluding ortho intramolecular Hbond substituents is 2. The second kappa shape index (κ2) is 8.59. The number of benzene rings is 2. The third kappa shape index (κ3) is 4.55. The highest BCUT2D eigenvalue weighted by atomic mass is 35.5. The van der Waals surface area contributed by atoms with Crippen LogP contribution in [0.1, 0.15) is 19.8 Å². The molecule has 0 bridgehead atoms. The van der Waals surface area contributed by atoms with E-state index in [1.165, 1.54) is 42.5 Å². The molecule has 3 rings (SSSR count). The minimum atomic E-state index is -0.371. The molecule has 0 heterocycles. The number of halogens is 2. The number of carbonyl (C=O) groups excluding carboxylic acids is 1. The Kier molecular flexibility index (Phi) is 6.15. The van der Waals surface area contributed by atoms with Gasteiger partial charge in [0.15, 0.2) is 0 Å². The van der Waals surface area contributed by atoms with Gasteiger partial charge in [-0.1, -0.05) is 36.5 Å². The summed E-state index contributed by atoms with van der Waals surface area (Å²) in [5.41, 5.74) is 1.30. The molecule has 1 aliphatic rings. The largest absolute Gasteiger partial charge is 0.508 e. The first-order valence-corrected chi connectivity index (χ1v) is 9.57. The number of nitrogens with zero attached hydrogens (tertiary/aromatic N) is 1. The van der Waals surface area contributed by atoms with E-state index in [1.54, 1.807) is 0 Å². The van der Waals surface area contributed by atoms with Gasteiger partial charge in [0, 0.05) is 17.7 Å². The molecule has 1 aliphatic carbocycles. The predicted octanol–water partition coefficient (Wildman–Crippen LogP) is 5.67. The number of anilines is 1. The Morgan fingerprint density at radius 3 is 2.28 bits per heavy atom. The summed E-state index contributed by atoms with van der Waals surface area (Å²) < 4.78 is 0. The van der Waals surface area contributed by atoms with Gasteiger partial charge in [-0.2, -0.15) is 0 Å². The number of carbonyl (C=O) groups is 1. The van der Waals surface area contributed by atoms with Crippen LogP contribution in [0.4, 0.5) is 11.4 Å². The topological polar surface area (TPSA) is 102 Å². The number of Topliss-reactive ketones (excluding diaryl/α,β-unsaturated/α-hetero) is 1. The van der Waals surface area contributed by atoms with E-state index in [0.717, 1.165) is 0 Å². The van der Waals surface area contributed by atoms with Gasteiger partial charge in [-0.05, 0) is 36.8 Å². The number of aliphatic imine (C=N–C) groups is 1. The summed E-state index contributed by atoms with van der Waals surface area (Å²) in [6.45, 7) is 1.89. The van der Waals surface area contributed by atoms with Crippen LogP contribution in [0.2, 0.25) is 10.0 Å². The van der Waals surface area contributed by atoms with Gasteiger partial charge in [-0.15, -0.1) is 0 Å². The summed E-state index contributed by atoms with van der Waals surface area (Å²) >= 11 is 12.2. The van der Waals surface area contributed by atoms with E-state index < -0.39 is 0 Å². The van der Waals surface area contributed by atoms with Gasteiger partial charge >= 0.3 is 0 Å². The monoisotopic (exact) mass is 432 g/mol. The van der Waals surface area contributed by atoms with Gasteiger partial charge in [0.2, 0.25) is 5.78 Å². The smallest absolute Gasteiger partial charge is 0.209 e. The number of phenols is 2. The van der Waals surface area contributed by atoms with Crippen LogP contribution in [0.5, 0.6) is 11.5 Å². The SMILES string of the molecule is CCCC1=C(O)/C(=N\c2ccc(O)cc2Cl)C=C(Nc2ccc(O)cc2Cl)C1=O. The fraction of sp³-hybridized carbons (Fsp3) is 0.143. The zero-order valence-electron chi connectivity index (χ0n) is 15.4. The third-order valence-electron chi connectivity index (χ3n) is 4.22. The molecule has 0 spiro atoms. The maximum Gasteiger partial charge on any atom is 0.209 e. The Morgan fingerprint density at radius 2 is 1.66 bits per heavy atom. The third-order valence-corrected chi connectivity index (χ3v) is 4.84. The van der Waals surface area contributed by atoms with E-state index in [-0.39, 0.29) is 50.1 Å². The first-order valence-electron chi connectivity index (χ1n) is 8.81. The van der Waals surface area contributed by atoms with Crippen LogP contribution < -0.4 is 5.32 Å². The number of aromatic hydroxyl groups is 2. The standard InChI is InChI=1S/C21H18Cl2N2O4/c1-2-3-13-20(28)18(24-16-6-4-11(26)8-14(16)22)10-19(21(13)29)25-17-7-5-12(27)9-15(17)23/h4-10,24,26-27,29H,2-3H2,1H3/b25-19-. The zero-order valence-corrected chi connectivity index (χ0v) is 16.9. The van der Waals surface area contributed by atoms with Crippen molar-refractivity contribution in [2.24, 2.45) is 4.99 Å². The van der Waals surface area contributed by atoms with E-state index in [0.29, 0.717) is 24.2 Å². The molecule has 150 valence electrons. The fourth-order valence-corrected chi connectivity index (χ4v) is 3.26. The second-order valence-electron chi connectivity index (χ2n) is 6.39. The summed E-state index contributed by atoms with van der Waals surface area (Å²) in [6.07, 6.45) is 2.41. The number of ketones is 1. The summed E-state index contributed by atoms with van der Waals surface area (Å²) in [5.74, 6) is -0.602. The molecule has 2 aromatic rings. The lowest BCUT2D eigenvalue weighted by molar-refractivity contribution is -0.112. The van der Waals surface area contributed by atoms with Crippen LogP contribution in [-0.4, -0.2) is 26.8 Å². The minimum Gasteiger partial charge on any atom is -0.508 e. The van der Waals surface area contributed by atoms with Crippen LogP contribution in [0.15, 0.2) is 64.5 Å². The van der Waals surface area contributed by atoms with Crippen molar-refractivity contribution < 1.29 is 20.1 Å². The van der Waals surface area contributed by atoms with Crippen molar-refractivity contribution in [3.63, 3.8) is 0 Å². The van der Waals surface area contributed by atoms with Gasteiger partial charge in [-0.25, -0.2) is 4.99 Å². The van der Waals surface area contributed by atoms with E-state index in [9.17, 15) is 20.1 Å². The summed E-state index contributed by atoms with van der Waals surface area (Å²) in [5, 5.41) is 33.0. The lowest BCUT2D eigenvalue weighted by atomic mass is 9.94. The Morgan fingerprint density at radius 1 is 1.00 bits per heavy atom. The molecule has 0 aromatic heterocycles. The van der Waals surface area contributed by atoms with Crippen LogP contribution in [0, 0.1) is 0 Å². The van der Waals surface area contributed by atoms with E-state index in [1.807, 2.05) is 6.92 Å². The first-order chi connectivity index (χ1) is 13.8. The summed E-state index contributed by atoms with van der Waals surface area (Å²) in [4.78, 5) is 17.2. The van der Waals surface area contributed by atoms with Crippen molar-refractivity contribution in [1.29, 1.82) is 0 Å². The van der Waals surface area contributed by atoms with Crippen LogP contribution in [-0.2, 0) is 4.79 Å². The van der Waals surface area contributed by atoms with Crippen LogP contribution in [0.25, 0.3) is 0 Å². The highest BCUT2D eigenvalue weighted by Crippen LogP contribution is 2.32. The normalized spacial score (nSPS) is 15.6. The molecule has 29 heavy (non-hydrogen) atoms. The van der Waals surface area contributed by atoms with Crippen molar-refractivity contribution in [1.82, 2.24) is 0 Å². The Labute approximate surface area is 177 Å².